The van der Waals surface area contributed by atoms with Crippen LogP contribution in [0.4, 0.5) is 32.2 Å². The molecule has 10 heteroatoms. The third-order valence-electron chi connectivity index (χ3n) is 6.56. The molecular weight excluding hydrogens is 462 g/mol. The average molecular weight is 486 g/mol. The van der Waals surface area contributed by atoms with Gasteiger partial charge in [0.15, 0.2) is 0 Å². The molecule has 2 aliphatic rings. The van der Waals surface area contributed by atoms with Crippen molar-refractivity contribution in [2.75, 3.05) is 18.0 Å². The minimum atomic E-state index is -4.51. The van der Waals surface area contributed by atoms with Crippen LogP contribution in [0.25, 0.3) is 0 Å². The van der Waals surface area contributed by atoms with Crippen molar-refractivity contribution in [3.63, 3.8) is 0 Å². The number of aromatic nitrogens is 1. The number of rotatable bonds is 7. The molecule has 2 fully saturated rings. The first kappa shape index (κ1) is 24.3. The Morgan fingerprint density at radius 2 is 1.79 bits per heavy atom. The van der Waals surface area contributed by atoms with E-state index in [0.29, 0.717) is 25.3 Å². The normalized spacial score (nSPS) is 20.8. The Labute approximate surface area is 192 Å². The fraction of sp³-hybridized carbons (Fsp3) is 0.500. The summed E-state index contributed by atoms with van der Waals surface area (Å²) in [6.45, 7) is 2.59. The van der Waals surface area contributed by atoms with Crippen molar-refractivity contribution in [3.8, 4) is 5.75 Å². The topological polar surface area (TPSA) is 42.4 Å². The minimum Gasteiger partial charge on any atom is -0.489 e. The summed E-state index contributed by atoms with van der Waals surface area (Å²) in [5, 5.41) is 0. The second-order valence-electron chi connectivity index (χ2n) is 9.03. The van der Waals surface area contributed by atoms with Crippen LogP contribution in [0.1, 0.15) is 49.8 Å². The van der Waals surface area contributed by atoms with Crippen LogP contribution in [0.15, 0.2) is 42.5 Å². The lowest BCUT2D eigenvalue weighted by Crippen LogP contribution is -2.33. The average Bonchev–Trinajstić information content (AvgIpc) is 3.48. The molecule has 0 amide bonds. The van der Waals surface area contributed by atoms with Crippen LogP contribution in [0.5, 0.6) is 5.75 Å². The van der Waals surface area contributed by atoms with E-state index in [2.05, 4.69) is 4.98 Å². The maximum atomic E-state index is 13.2. The predicted octanol–water partition coefficient (Wildman–Crippen LogP) is 6.16. The molecule has 1 aromatic heterocycles. The van der Waals surface area contributed by atoms with E-state index >= 15 is 0 Å². The zero-order valence-corrected chi connectivity index (χ0v) is 18.4. The highest BCUT2D eigenvalue weighted by atomic mass is 19.4. The zero-order chi connectivity index (χ0) is 24.7. The van der Waals surface area contributed by atoms with E-state index in [1.54, 1.807) is 36.1 Å². The molecule has 1 saturated heterocycles. The summed E-state index contributed by atoms with van der Waals surface area (Å²) in [4.78, 5) is 17.7. The number of pyridine rings is 1. The Kier molecular flexibility index (Phi) is 6.29. The van der Waals surface area contributed by atoms with Crippen molar-refractivity contribution in [2.24, 2.45) is 5.41 Å². The first-order valence-corrected chi connectivity index (χ1v) is 11.0. The van der Waals surface area contributed by atoms with Gasteiger partial charge in [0.25, 0.3) is 0 Å². The molecule has 1 unspecified atom stereocenters. The molecule has 0 N–H and O–H groups in total. The second kappa shape index (κ2) is 8.78. The maximum absolute atomic E-state index is 13.2. The first-order valence-electron chi connectivity index (χ1n) is 11.0. The van der Waals surface area contributed by atoms with Gasteiger partial charge in [-0.1, -0.05) is 25.1 Å². The van der Waals surface area contributed by atoms with Gasteiger partial charge in [0.1, 0.15) is 34.6 Å². The highest BCUT2D eigenvalue weighted by Crippen LogP contribution is 2.59. The Hall–Kier alpha value is -2.78. The van der Waals surface area contributed by atoms with Crippen molar-refractivity contribution in [1.29, 1.82) is 0 Å². The molecule has 0 radical (unpaired) electrons. The lowest BCUT2D eigenvalue weighted by atomic mass is 9.88. The van der Waals surface area contributed by atoms with Crippen LogP contribution < -0.4 is 9.64 Å². The molecule has 4 rings (SSSR count). The number of anilines is 1. The molecule has 2 aromatic rings. The van der Waals surface area contributed by atoms with Crippen LogP contribution in [0, 0.1) is 5.41 Å². The number of halogens is 6. The van der Waals surface area contributed by atoms with E-state index in [1.165, 1.54) is 12.1 Å². The van der Waals surface area contributed by atoms with Crippen LogP contribution in [-0.2, 0) is 11.0 Å². The van der Waals surface area contributed by atoms with Gasteiger partial charge in [0, 0.05) is 19.4 Å². The molecule has 2 atom stereocenters. The number of hydrogen-bond donors (Lipinski definition) is 0. The van der Waals surface area contributed by atoms with Gasteiger partial charge >= 0.3 is 12.4 Å². The van der Waals surface area contributed by atoms with Gasteiger partial charge in [-0.15, -0.1) is 0 Å². The Balaban J connectivity index is 1.33. The summed E-state index contributed by atoms with van der Waals surface area (Å²) in [7, 11) is 0. The summed E-state index contributed by atoms with van der Waals surface area (Å²) in [5.74, 6) is -0.348. The third kappa shape index (κ3) is 5.00. The fourth-order valence-electron chi connectivity index (χ4n) is 4.29. The number of nitrogens with zero attached hydrogens (tertiary/aromatic N) is 2. The van der Waals surface area contributed by atoms with E-state index in [9.17, 15) is 31.1 Å². The van der Waals surface area contributed by atoms with Crippen LogP contribution in [0.3, 0.4) is 0 Å². The van der Waals surface area contributed by atoms with E-state index in [0.717, 1.165) is 11.6 Å². The monoisotopic (exact) mass is 486 g/mol. The van der Waals surface area contributed by atoms with Crippen molar-refractivity contribution in [1.82, 2.24) is 4.98 Å². The molecule has 1 aliphatic carbocycles. The van der Waals surface area contributed by atoms with E-state index in [-0.39, 0.29) is 37.1 Å². The molecule has 1 aliphatic heterocycles. The summed E-state index contributed by atoms with van der Waals surface area (Å²) in [5.41, 5.74) is -2.37. The number of ketones is 1. The minimum absolute atomic E-state index is 0.136. The summed E-state index contributed by atoms with van der Waals surface area (Å²) in [6, 6.07) is 10.6. The molecule has 184 valence electrons. The Bertz CT molecular complexity index is 1030. The standard InChI is InChI=1S/C24H24F6N2O2/c1-15(13-20(33)22(10-11-22)24(28,29)30)16-5-7-17(8-6-16)34-18-9-12-32(14-18)21-4-2-3-19(31-21)23(25,26)27/h2-8,15,18H,9-14H2,1H3/t15-,18?/m1/s1. The van der Waals surface area contributed by atoms with Crippen molar-refractivity contribution >= 4 is 11.6 Å². The van der Waals surface area contributed by atoms with Gasteiger partial charge < -0.3 is 9.64 Å². The SMILES string of the molecule is C[C@H](CC(=O)C1(C(F)(F)F)CC1)c1ccc(OC2CCN(c3cccc(C(F)(F)F)n3)C2)cc1. The smallest absolute Gasteiger partial charge is 0.433 e. The molecule has 0 bridgehead atoms. The molecule has 4 nitrogen and oxygen atoms in total. The quantitative estimate of drug-likeness (QED) is 0.440. The Morgan fingerprint density at radius 3 is 2.38 bits per heavy atom. The van der Waals surface area contributed by atoms with Gasteiger partial charge in [-0.3, -0.25) is 4.79 Å². The van der Waals surface area contributed by atoms with Gasteiger partial charge in [-0.25, -0.2) is 4.98 Å². The van der Waals surface area contributed by atoms with E-state index in [1.807, 2.05) is 0 Å². The molecule has 1 aromatic carbocycles. The molecule has 34 heavy (non-hydrogen) atoms. The second-order valence-corrected chi connectivity index (χ2v) is 9.03. The summed E-state index contributed by atoms with van der Waals surface area (Å²) < 4.78 is 84.2. The molecule has 0 spiro atoms. The van der Waals surface area contributed by atoms with Gasteiger partial charge in [0.2, 0.25) is 0 Å². The van der Waals surface area contributed by atoms with Gasteiger partial charge in [0.05, 0.1) is 6.54 Å². The Morgan fingerprint density at radius 1 is 1.12 bits per heavy atom. The van der Waals surface area contributed by atoms with Crippen molar-refractivity contribution < 1.29 is 35.9 Å². The number of Topliss-reactive ketones (excluding diaryl/α,β-unsaturated/α-hetero) is 1. The number of hydrogen-bond acceptors (Lipinski definition) is 4. The number of carbonyl (C=O) groups excluding carboxylic acids is 1. The van der Waals surface area contributed by atoms with Gasteiger partial charge in [-0.2, -0.15) is 26.3 Å². The highest BCUT2D eigenvalue weighted by Gasteiger charge is 2.67. The van der Waals surface area contributed by atoms with Crippen LogP contribution >= 0.6 is 0 Å². The fourth-order valence-corrected chi connectivity index (χ4v) is 4.29. The first-order chi connectivity index (χ1) is 15.9. The number of ether oxygens (including phenoxy) is 1. The largest absolute Gasteiger partial charge is 0.489 e. The highest BCUT2D eigenvalue weighted by molar-refractivity contribution is 5.88. The van der Waals surface area contributed by atoms with E-state index < -0.39 is 29.2 Å². The molecule has 2 heterocycles. The zero-order valence-electron chi connectivity index (χ0n) is 18.4. The summed E-state index contributed by atoms with van der Waals surface area (Å²) in [6.07, 6.45) is -9.11. The lowest BCUT2D eigenvalue weighted by Gasteiger charge is -2.21. The number of benzene rings is 1. The van der Waals surface area contributed by atoms with Crippen molar-refractivity contribution in [2.45, 2.75) is 57.0 Å². The summed E-state index contributed by atoms with van der Waals surface area (Å²) >= 11 is 0. The molecule has 1 saturated carbocycles. The van der Waals surface area contributed by atoms with Crippen LogP contribution in [0.2, 0.25) is 0 Å². The number of alkyl halides is 6. The van der Waals surface area contributed by atoms with Crippen molar-refractivity contribution in [3.05, 3.63) is 53.7 Å². The lowest BCUT2D eigenvalue weighted by molar-refractivity contribution is -0.191. The predicted molar refractivity (Wildman–Crippen MR) is 113 cm³/mol. The molecular formula is C24H24F6N2O2. The number of carbonyl (C=O) groups is 1. The van der Waals surface area contributed by atoms with E-state index in [4.69, 9.17) is 4.74 Å². The third-order valence-corrected chi connectivity index (χ3v) is 6.56. The van der Waals surface area contributed by atoms with Crippen LogP contribution in [-0.4, -0.2) is 36.1 Å². The van der Waals surface area contributed by atoms with Gasteiger partial charge in [-0.05, 0) is 48.6 Å². The maximum Gasteiger partial charge on any atom is 0.433 e.